The number of hydrogen-bond donors (Lipinski definition) is 1. The van der Waals surface area contributed by atoms with Crippen molar-refractivity contribution in [3.63, 3.8) is 0 Å². The minimum Gasteiger partial charge on any atom is -0.459 e. The molecule has 9 heteroatoms. The maximum absolute atomic E-state index is 12.6. The number of carbonyl (C=O) groups excluding carboxylic acids is 2. The Morgan fingerprint density at radius 3 is 2.23 bits per heavy atom. The molecule has 1 fully saturated rings. The molecule has 1 aromatic carbocycles. The Morgan fingerprint density at radius 2 is 1.68 bits per heavy atom. The standard InChI is InChI=1S/C22H29N3O5S/c1-22(2,3)18-8-6-17(7-9-18)20(26)23-10-16-31(28,29)25-13-11-24(12-14-25)21(27)19-5-4-15-30-19/h4-9,15H,10-14,16H2,1-3H3,(H,23,26). The molecule has 0 atom stereocenters. The normalized spacial score (nSPS) is 15.6. The van der Waals surface area contributed by atoms with Crippen LogP contribution in [0.15, 0.2) is 47.1 Å². The molecule has 0 saturated carbocycles. The summed E-state index contributed by atoms with van der Waals surface area (Å²) >= 11 is 0. The van der Waals surface area contributed by atoms with Crippen LogP contribution in [-0.2, 0) is 15.4 Å². The van der Waals surface area contributed by atoms with Crippen molar-refractivity contribution in [3.05, 3.63) is 59.5 Å². The van der Waals surface area contributed by atoms with E-state index in [1.807, 2.05) is 12.1 Å². The molecule has 0 unspecified atom stereocenters. The van der Waals surface area contributed by atoms with Gasteiger partial charge in [-0.15, -0.1) is 0 Å². The summed E-state index contributed by atoms with van der Waals surface area (Å²) in [5.41, 5.74) is 1.61. The zero-order valence-electron chi connectivity index (χ0n) is 18.1. The number of amides is 2. The van der Waals surface area contributed by atoms with E-state index in [-0.39, 0.29) is 48.4 Å². The number of rotatable bonds is 6. The molecule has 0 bridgehead atoms. The van der Waals surface area contributed by atoms with Crippen molar-refractivity contribution in [2.24, 2.45) is 0 Å². The van der Waals surface area contributed by atoms with Crippen LogP contribution in [0, 0.1) is 0 Å². The van der Waals surface area contributed by atoms with Crippen LogP contribution in [0.3, 0.4) is 0 Å². The van der Waals surface area contributed by atoms with Gasteiger partial charge in [0, 0.05) is 38.3 Å². The first-order chi connectivity index (χ1) is 14.6. The molecule has 168 valence electrons. The molecular weight excluding hydrogens is 418 g/mol. The third kappa shape index (κ3) is 5.74. The number of nitrogens with zero attached hydrogens (tertiary/aromatic N) is 2. The lowest BCUT2D eigenvalue weighted by Gasteiger charge is -2.33. The average molecular weight is 448 g/mol. The fraction of sp³-hybridized carbons (Fsp3) is 0.455. The van der Waals surface area contributed by atoms with Gasteiger partial charge in [-0.3, -0.25) is 9.59 Å². The molecule has 1 aromatic heterocycles. The maximum atomic E-state index is 12.6. The summed E-state index contributed by atoms with van der Waals surface area (Å²) in [6.45, 7) is 7.34. The quantitative estimate of drug-likeness (QED) is 0.731. The van der Waals surface area contributed by atoms with E-state index in [9.17, 15) is 18.0 Å². The predicted octanol–water partition coefficient (Wildman–Crippen LogP) is 2.09. The summed E-state index contributed by atoms with van der Waals surface area (Å²) in [7, 11) is -3.53. The fourth-order valence-electron chi connectivity index (χ4n) is 3.37. The molecule has 0 radical (unpaired) electrons. The summed E-state index contributed by atoms with van der Waals surface area (Å²) in [4.78, 5) is 26.2. The van der Waals surface area contributed by atoms with Gasteiger partial charge < -0.3 is 14.6 Å². The van der Waals surface area contributed by atoms with Crippen LogP contribution in [0.4, 0.5) is 0 Å². The first kappa shape index (κ1) is 23.0. The average Bonchev–Trinajstić information content (AvgIpc) is 3.27. The first-order valence-electron chi connectivity index (χ1n) is 10.3. The second kappa shape index (κ2) is 9.23. The molecule has 1 aliphatic rings. The van der Waals surface area contributed by atoms with E-state index in [1.165, 1.54) is 10.6 Å². The van der Waals surface area contributed by atoms with E-state index in [0.717, 1.165) is 5.56 Å². The number of carbonyl (C=O) groups is 2. The minimum absolute atomic E-state index is 0.00429. The molecule has 2 amide bonds. The van der Waals surface area contributed by atoms with Gasteiger partial charge in [-0.2, -0.15) is 4.31 Å². The van der Waals surface area contributed by atoms with Crippen molar-refractivity contribution in [1.82, 2.24) is 14.5 Å². The second-order valence-electron chi connectivity index (χ2n) is 8.57. The topological polar surface area (TPSA) is 99.9 Å². The molecule has 3 rings (SSSR count). The van der Waals surface area contributed by atoms with Crippen LogP contribution in [0.2, 0.25) is 0 Å². The number of furan rings is 1. The zero-order chi connectivity index (χ0) is 22.6. The smallest absolute Gasteiger partial charge is 0.289 e. The lowest BCUT2D eigenvalue weighted by atomic mass is 9.87. The predicted molar refractivity (Wildman–Crippen MR) is 117 cm³/mol. The third-order valence-corrected chi connectivity index (χ3v) is 7.18. The van der Waals surface area contributed by atoms with E-state index < -0.39 is 10.0 Å². The van der Waals surface area contributed by atoms with Crippen LogP contribution in [0.5, 0.6) is 0 Å². The highest BCUT2D eigenvalue weighted by Gasteiger charge is 2.29. The van der Waals surface area contributed by atoms with Crippen LogP contribution in [0.1, 0.15) is 47.2 Å². The van der Waals surface area contributed by atoms with E-state index in [4.69, 9.17) is 4.42 Å². The van der Waals surface area contributed by atoms with Crippen molar-refractivity contribution in [2.75, 3.05) is 38.5 Å². The number of hydrogen-bond acceptors (Lipinski definition) is 5. The Hall–Kier alpha value is -2.65. The highest BCUT2D eigenvalue weighted by molar-refractivity contribution is 7.89. The molecule has 2 aromatic rings. The fourth-order valence-corrected chi connectivity index (χ4v) is 4.71. The minimum atomic E-state index is -3.53. The lowest BCUT2D eigenvalue weighted by molar-refractivity contribution is 0.0665. The number of nitrogens with one attached hydrogen (secondary N) is 1. The molecule has 0 spiro atoms. The Labute approximate surface area is 183 Å². The SMILES string of the molecule is CC(C)(C)c1ccc(C(=O)NCCS(=O)(=O)N2CCN(C(=O)c3ccco3)CC2)cc1. The van der Waals surface area contributed by atoms with Crippen molar-refractivity contribution >= 4 is 21.8 Å². The van der Waals surface area contributed by atoms with Crippen molar-refractivity contribution in [3.8, 4) is 0 Å². The first-order valence-corrected chi connectivity index (χ1v) is 11.9. The molecule has 1 aliphatic heterocycles. The van der Waals surface area contributed by atoms with Crippen LogP contribution >= 0.6 is 0 Å². The van der Waals surface area contributed by atoms with Gasteiger partial charge in [0.25, 0.3) is 11.8 Å². The molecule has 0 aliphatic carbocycles. The Balaban J connectivity index is 1.47. The van der Waals surface area contributed by atoms with Gasteiger partial charge in [-0.25, -0.2) is 8.42 Å². The lowest BCUT2D eigenvalue weighted by Crippen LogP contribution is -2.51. The van der Waals surface area contributed by atoms with Crippen LogP contribution in [-0.4, -0.2) is 67.9 Å². The number of sulfonamides is 1. The molecular formula is C22H29N3O5S. The van der Waals surface area contributed by atoms with Crippen molar-refractivity contribution < 1.29 is 22.4 Å². The Bertz CT molecular complexity index is 1000. The molecule has 31 heavy (non-hydrogen) atoms. The monoisotopic (exact) mass is 447 g/mol. The number of benzene rings is 1. The van der Waals surface area contributed by atoms with E-state index in [2.05, 4.69) is 26.1 Å². The largest absolute Gasteiger partial charge is 0.459 e. The molecule has 8 nitrogen and oxygen atoms in total. The van der Waals surface area contributed by atoms with Gasteiger partial charge in [0.2, 0.25) is 10.0 Å². The molecule has 1 N–H and O–H groups in total. The highest BCUT2D eigenvalue weighted by Crippen LogP contribution is 2.22. The van der Waals surface area contributed by atoms with Gasteiger partial charge in [-0.05, 0) is 35.2 Å². The Kier molecular flexibility index (Phi) is 6.86. The summed E-state index contributed by atoms with van der Waals surface area (Å²) in [6.07, 6.45) is 1.43. The van der Waals surface area contributed by atoms with Crippen molar-refractivity contribution in [2.45, 2.75) is 26.2 Å². The summed E-state index contributed by atoms with van der Waals surface area (Å²) in [6, 6.07) is 10.6. The molecule has 1 saturated heterocycles. The van der Waals surface area contributed by atoms with Gasteiger partial charge in [0.15, 0.2) is 5.76 Å². The van der Waals surface area contributed by atoms with E-state index in [0.29, 0.717) is 18.7 Å². The summed E-state index contributed by atoms with van der Waals surface area (Å²) < 4.78 is 31.7. The number of piperazine rings is 1. The zero-order valence-corrected chi connectivity index (χ0v) is 18.9. The summed E-state index contributed by atoms with van der Waals surface area (Å²) in [5, 5.41) is 2.68. The van der Waals surface area contributed by atoms with Gasteiger partial charge >= 0.3 is 0 Å². The highest BCUT2D eigenvalue weighted by atomic mass is 32.2. The van der Waals surface area contributed by atoms with Crippen LogP contribution in [0.25, 0.3) is 0 Å². The van der Waals surface area contributed by atoms with Crippen LogP contribution < -0.4 is 5.32 Å². The maximum Gasteiger partial charge on any atom is 0.289 e. The van der Waals surface area contributed by atoms with E-state index in [1.54, 1.807) is 29.2 Å². The summed E-state index contributed by atoms with van der Waals surface area (Å²) in [5.74, 6) is -0.490. The third-order valence-electron chi connectivity index (χ3n) is 5.31. The van der Waals surface area contributed by atoms with Crippen molar-refractivity contribution in [1.29, 1.82) is 0 Å². The van der Waals surface area contributed by atoms with Gasteiger partial charge in [-0.1, -0.05) is 32.9 Å². The van der Waals surface area contributed by atoms with Gasteiger partial charge in [0.1, 0.15) is 0 Å². The Morgan fingerprint density at radius 1 is 1.03 bits per heavy atom. The van der Waals surface area contributed by atoms with E-state index >= 15 is 0 Å². The van der Waals surface area contributed by atoms with Gasteiger partial charge in [0.05, 0.1) is 12.0 Å². The second-order valence-corrected chi connectivity index (χ2v) is 10.7. The molecule has 2 heterocycles.